The van der Waals surface area contributed by atoms with Gasteiger partial charge in [-0.3, -0.25) is 0 Å². The summed E-state index contributed by atoms with van der Waals surface area (Å²) in [7, 11) is 3.29. The van der Waals surface area contributed by atoms with E-state index < -0.39 is 0 Å². The van der Waals surface area contributed by atoms with Crippen molar-refractivity contribution in [3.05, 3.63) is 34.5 Å². The third kappa shape index (κ3) is 2.89. The monoisotopic (exact) mass is 343 g/mol. The molecule has 1 N–H and O–H groups in total. The lowest BCUT2D eigenvalue weighted by atomic mass is 10.2. The van der Waals surface area contributed by atoms with Crippen LogP contribution in [0.15, 0.2) is 18.2 Å². The first-order valence-corrected chi connectivity index (χ1v) is 8.64. The quantitative estimate of drug-likeness (QED) is 0.732. The second-order valence-corrected chi connectivity index (χ2v) is 6.70. The van der Waals surface area contributed by atoms with Crippen LogP contribution in [0.2, 0.25) is 0 Å². The molecule has 0 saturated heterocycles. The fourth-order valence-corrected chi connectivity index (χ4v) is 3.62. The lowest BCUT2D eigenvalue weighted by Gasteiger charge is -2.13. The highest BCUT2D eigenvalue weighted by Gasteiger charge is 2.16. The minimum absolute atomic E-state index is 0.712. The van der Waals surface area contributed by atoms with E-state index in [0.717, 1.165) is 39.7 Å². The van der Waals surface area contributed by atoms with E-state index in [2.05, 4.69) is 31.1 Å². The number of thiophene rings is 1. The van der Waals surface area contributed by atoms with Crippen LogP contribution in [0.3, 0.4) is 0 Å². The average molecular weight is 343 g/mol. The molecule has 0 aliphatic heterocycles. The Balaban J connectivity index is 2.13. The summed E-state index contributed by atoms with van der Waals surface area (Å²) < 4.78 is 10.7. The molecule has 2 aromatic heterocycles. The Morgan fingerprint density at radius 2 is 1.92 bits per heavy atom. The van der Waals surface area contributed by atoms with Gasteiger partial charge in [0.2, 0.25) is 0 Å². The molecular weight excluding hydrogens is 322 g/mol. The molecule has 24 heavy (non-hydrogen) atoms. The number of rotatable bonds is 5. The van der Waals surface area contributed by atoms with Crippen molar-refractivity contribution < 1.29 is 9.47 Å². The maximum absolute atomic E-state index is 5.48. The summed E-state index contributed by atoms with van der Waals surface area (Å²) in [5.74, 6) is 3.12. The molecule has 0 unspecified atom stereocenters. The van der Waals surface area contributed by atoms with Crippen LogP contribution >= 0.6 is 11.3 Å². The molecule has 0 radical (unpaired) electrons. The lowest BCUT2D eigenvalue weighted by molar-refractivity contribution is 0.395. The van der Waals surface area contributed by atoms with Gasteiger partial charge in [-0.15, -0.1) is 11.3 Å². The lowest BCUT2D eigenvalue weighted by Crippen LogP contribution is -2.02. The zero-order valence-corrected chi connectivity index (χ0v) is 15.4. The molecule has 0 atom stereocenters. The van der Waals surface area contributed by atoms with Gasteiger partial charge in [0, 0.05) is 17.4 Å². The summed E-state index contributed by atoms with van der Waals surface area (Å²) in [5.41, 5.74) is 2.07. The van der Waals surface area contributed by atoms with Gasteiger partial charge in [-0.25, -0.2) is 9.97 Å². The van der Waals surface area contributed by atoms with Crippen LogP contribution in [0.25, 0.3) is 10.2 Å². The van der Waals surface area contributed by atoms with Crippen molar-refractivity contribution in [3.8, 4) is 11.5 Å². The number of ether oxygens (including phenoxy) is 2. The number of nitrogens with one attached hydrogen (secondary N) is 1. The summed E-state index contributed by atoms with van der Waals surface area (Å²) in [4.78, 5) is 11.6. The maximum Gasteiger partial charge on any atom is 0.146 e. The average Bonchev–Trinajstić information content (AvgIpc) is 2.89. The van der Waals surface area contributed by atoms with Crippen LogP contribution in [0.5, 0.6) is 11.5 Å². The molecule has 126 valence electrons. The van der Waals surface area contributed by atoms with Gasteiger partial charge in [-0.1, -0.05) is 6.92 Å². The molecule has 0 aliphatic carbocycles. The van der Waals surface area contributed by atoms with Crippen LogP contribution in [0.4, 0.5) is 11.5 Å². The molecule has 3 rings (SSSR count). The number of aryl methyl sites for hydroxylation is 3. The van der Waals surface area contributed by atoms with Crippen molar-refractivity contribution >= 4 is 33.1 Å². The van der Waals surface area contributed by atoms with Gasteiger partial charge in [-0.2, -0.15) is 0 Å². The highest BCUT2D eigenvalue weighted by molar-refractivity contribution is 7.18. The van der Waals surface area contributed by atoms with Gasteiger partial charge >= 0.3 is 0 Å². The Kier molecular flexibility index (Phi) is 4.57. The fourth-order valence-electron chi connectivity index (χ4n) is 2.57. The number of anilines is 2. The highest BCUT2D eigenvalue weighted by atomic mass is 32.1. The van der Waals surface area contributed by atoms with Crippen molar-refractivity contribution in [1.82, 2.24) is 9.97 Å². The van der Waals surface area contributed by atoms with Gasteiger partial charge in [0.05, 0.1) is 25.3 Å². The number of nitrogens with zero attached hydrogens (tertiary/aromatic N) is 2. The summed E-state index contributed by atoms with van der Waals surface area (Å²) in [6.07, 6.45) is 0.792. The predicted molar refractivity (Wildman–Crippen MR) is 99.1 cm³/mol. The first-order valence-electron chi connectivity index (χ1n) is 7.83. The summed E-state index contributed by atoms with van der Waals surface area (Å²) in [5, 5.41) is 4.50. The van der Waals surface area contributed by atoms with Crippen LogP contribution in [-0.2, 0) is 6.42 Å². The number of benzene rings is 1. The number of hydrogen-bond donors (Lipinski definition) is 1. The SMILES string of the molecule is CCc1nc(Nc2ccc(OC)cc2OC)c2c(C)c(C)sc2n1. The van der Waals surface area contributed by atoms with Gasteiger partial charge in [0.25, 0.3) is 0 Å². The fraction of sp³-hybridized carbons (Fsp3) is 0.333. The number of fused-ring (bicyclic) bond motifs is 1. The largest absolute Gasteiger partial charge is 0.497 e. The molecule has 2 heterocycles. The van der Waals surface area contributed by atoms with Crippen molar-refractivity contribution in [3.63, 3.8) is 0 Å². The topological polar surface area (TPSA) is 56.3 Å². The molecule has 0 aliphatic rings. The Morgan fingerprint density at radius 1 is 1.12 bits per heavy atom. The van der Waals surface area contributed by atoms with Gasteiger partial charge in [0.1, 0.15) is 28.0 Å². The second kappa shape index (κ2) is 6.65. The zero-order chi connectivity index (χ0) is 17.3. The molecule has 3 aromatic rings. The minimum atomic E-state index is 0.712. The van der Waals surface area contributed by atoms with Crippen molar-refractivity contribution in [1.29, 1.82) is 0 Å². The van der Waals surface area contributed by atoms with Crippen LogP contribution < -0.4 is 14.8 Å². The summed E-state index contributed by atoms with van der Waals surface area (Å²) >= 11 is 1.71. The molecule has 6 heteroatoms. The van der Waals surface area contributed by atoms with Crippen LogP contribution in [0.1, 0.15) is 23.2 Å². The predicted octanol–water partition coefficient (Wildman–Crippen LogP) is 4.63. The van der Waals surface area contributed by atoms with E-state index in [9.17, 15) is 0 Å². The van der Waals surface area contributed by atoms with Crippen molar-refractivity contribution in [2.24, 2.45) is 0 Å². The normalized spacial score (nSPS) is 10.9. The van der Waals surface area contributed by atoms with Gasteiger partial charge in [-0.05, 0) is 31.5 Å². The van der Waals surface area contributed by atoms with E-state index in [1.165, 1.54) is 10.4 Å². The molecule has 5 nitrogen and oxygen atoms in total. The highest BCUT2D eigenvalue weighted by Crippen LogP contribution is 2.37. The maximum atomic E-state index is 5.48. The Hall–Kier alpha value is -2.34. The van der Waals surface area contributed by atoms with E-state index in [1.54, 1.807) is 25.6 Å². The Bertz CT molecular complexity index is 890. The van der Waals surface area contributed by atoms with Crippen molar-refractivity contribution in [2.45, 2.75) is 27.2 Å². The zero-order valence-electron chi connectivity index (χ0n) is 14.6. The first kappa shape index (κ1) is 16.5. The van der Waals surface area contributed by atoms with E-state index >= 15 is 0 Å². The van der Waals surface area contributed by atoms with E-state index in [1.807, 2.05) is 18.2 Å². The molecule has 0 saturated carbocycles. The molecule has 0 amide bonds. The Labute approximate surface area is 145 Å². The third-order valence-electron chi connectivity index (χ3n) is 4.05. The van der Waals surface area contributed by atoms with Gasteiger partial charge < -0.3 is 14.8 Å². The van der Waals surface area contributed by atoms with Crippen LogP contribution in [-0.4, -0.2) is 24.2 Å². The van der Waals surface area contributed by atoms with Crippen molar-refractivity contribution in [2.75, 3.05) is 19.5 Å². The van der Waals surface area contributed by atoms with Gasteiger partial charge in [0.15, 0.2) is 0 Å². The van der Waals surface area contributed by atoms with E-state index in [-0.39, 0.29) is 0 Å². The standard InChI is InChI=1S/C18H21N3O2S/c1-6-15-20-17(16-10(2)11(3)24-18(16)21-15)19-13-8-7-12(22-4)9-14(13)23-5/h7-9H,6H2,1-5H3,(H,19,20,21). The molecule has 0 spiro atoms. The second-order valence-electron chi connectivity index (χ2n) is 5.50. The first-order chi connectivity index (χ1) is 11.6. The van der Waals surface area contributed by atoms with E-state index in [4.69, 9.17) is 14.5 Å². The van der Waals surface area contributed by atoms with E-state index in [0.29, 0.717) is 5.75 Å². The molecule has 0 fully saturated rings. The third-order valence-corrected chi connectivity index (χ3v) is 5.15. The summed E-state index contributed by atoms with van der Waals surface area (Å²) in [6.45, 7) is 6.29. The van der Waals surface area contributed by atoms with Crippen LogP contribution in [0, 0.1) is 13.8 Å². The molecule has 1 aromatic carbocycles. The minimum Gasteiger partial charge on any atom is -0.497 e. The number of methoxy groups -OCH3 is 2. The summed E-state index contributed by atoms with van der Waals surface area (Å²) in [6, 6.07) is 5.69. The Morgan fingerprint density at radius 3 is 2.58 bits per heavy atom. The number of hydrogen-bond acceptors (Lipinski definition) is 6. The molecule has 0 bridgehead atoms. The number of aromatic nitrogens is 2. The smallest absolute Gasteiger partial charge is 0.146 e. The molecular formula is C18H21N3O2S.